The number of nitrogens with zero attached hydrogens (tertiary/aromatic N) is 5. The number of piperidine rings is 1. The predicted octanol–water partition coefficient (Wildman–Crippen LogP) is 1.15. The summed E-state index contributed by atoms with van der Waals surface area (Å²) in [5.74, 6) is -0.412. The molecule has 10 heteroatoms. The molecule has 2 aromatic heterocycles. The third-order valence-electron chi connectivity index (χ3n) is 5.51. The Morgan fingerprint density at radius 3 is 2.69 bits per heavy atom. The van der Waals surface area contributed by atoms with E-state index < -0.39 is 10.0 Å². The van der Waals surface area contributed by atoms with Crippen molar-refractivity contribution in [3.8, 4) is 0 Å². The summed E-state index contributed by atoms with van der Waals surface area (Å²) >= 11 is 0. The minimum Gasteiger partial charge on any atom is -0.356 e. The molecule has 9 nitrogen and oxygen atoms in total. The van der Waals surface area contributed by atoms with Crippen molar-refractivity contribution in [3.05, 3.63) is 29.3 Å². The van der Waals surface area contributed by atoms with Crippen LogP contribution in [-0.4, -0.2) is 57.8 Å². The summed E-state index contributed by atoms with van der Waals surface area (Å²) in [4.78, 5) is 12.8. The number of rotatable bonds is 7. The van der Waals surface area contributed by atoms with Gasteiger partial charge in [-0.25, -0.2) is 8.42 Å². The maximum absolute atomic E-state index is 13.0. The summed E-state index contributed by atoms with van der Waals surface area (Å²) in [6.07, 6.45) is 3.52. The Bertz CT molecular complexity index is 978. The Morgan fingerprint density at radius 1 is 1.31 bits per heavy atom. The molecule has 1 saturated heterocycles. The Labute approximate surface area is 172 Å². The first kappa shape index (κ1) is 21.5. The van der Waals surface area contributed by atoms with Gasteiger partial charge in [0.25, 0.3) is 0 Å². The SMILES string of the molecule is Cc1cc(C)n(CCCNC(=O)[C@@H]2CCCN(S(=O)(=O)c3cnn(C)c3C)C2)n1. The van der Waals surface area contributed by atoms with Gasteiger partial charge in [0.15, 0.2) is 0 Å². The van der Waals surface area contributed by atoms with Crippen LogP contribution in [-0.2, 0) is 28.4 Å². The topological polar surface area (TPSA) is 102 Å². The molecule has 3 heterocycles. The Kier molecular flexibility index (Phi) is 6.42. The summed E-state index contributed by atoms with van der Waals surface area (Å²) in [5.41, 5.74) is 2.69. The van der Waals surface area contributed by atoms with Gasteiger partial charge in [0.2, 0.25) is 15.9 Å². The summed E-state index contributed by atoms with van der Waals surface area (Å²) in [6, 6.07) is 2.03. The van der Waals surface area contributed by atoms with Crippen molar-refractivity contribution in [2.24, 2.45) is 13.0 Å². The normalized spacial score (nSPS) is 18.1. The van der Waals surface area contributed by atoms with E-state index in [1.165, 1.54) is 10.5 Å². The quantitative estimate of drug-likeness (QED) is 0.675. The van der Waals surface area contributed by atoms with Crippen molar-refractivity contribution in [2.45, 2.75) is 51.5 Å². The molecular weight excluding hydrogens is 392 g/mol. The van der Waals surface area contributed by atoms with Crippen LogP contribution < -0.4 is 5.32 Å². The highest BCUT2D eigenvalue weighted by Gasteiger charge is 2.34. The van der Waals surface area contributed by atoms with Crippen molar-refractivity contribution in [1.82, 2.24) is 29.2 Å². The molecule has 160 valence electrons. The van der Waals surface area contributed by atoms with Crippen LogP contribution >= 0.6 is 0 Å². The van der Waals surface area contributed by atoms with Crippen LogP contribution in [0.15, 0.2) is 17.2 Å². The van der Waals surface area contributed by atoms with Crippen LogP contribution in [0.4, 0.5) is 0 Å². The largest absolute Gasteiger partial charge is 0.356 e. The first-order valence-electron chi connectivity index (χ1n) is 9.97. The zero-order valence-corrected chi connectivity index (χ0v) is 18.4. The summed E-state index contributed by atoms with van der Waals surface area (Å²) in [5, 5.41) is 11.4. The summed E-state index contributed by atoms with van der Waals surface area (Å²) in [7, 11) is -1.93. The van der Waals surface area contributed by atoms with E-state index in [1.54, 1.807) is 18.7 Å². The zero-order valence-electron chi connectivity index (χ0n) is 17.6. The van der Waals surface area contributed by atoms with Gasteiger partial charge in [-0.15, -0.1) is 0 Å². The van der Waals surface area contributed by atoms with Gasteiger partial charge < -0.3 is 5.32 Å². The van der Waals surface area contributed by atoms with E-state index in [-0.39, 0.29) is 23.3 Å². The number of aromatic nitrogens is 4. The van der Waals surface area contributed by atoms with Crippen LogP contribution in [0.2, 0.25) is 0 Å². The van der Waals surface area contributed by atoms with Crippen molar-refractivity contribution in [2.75, 3.05) is 19.6 Å². The monoisotopic (exact) mass is 422 g/mol. The molecule has 3 rings (SSSR count). The second-order valence-electron chi connectivity index (χ2n) is 7.71. The van der Waals surface area contributed by atoms with E-state index in [4.69, 9.17) is 0 Å². The number of hydrogen-bond acceptors (Lipinski definition) is 5. The van der Waals surface area contributed by atoms with Crippen molar-refractivity contribution in [3.63, 3.8) is 0 Å². The average Bonchev–Trinajstić information content (AvgIpc) is 3.19. The number of aryl methyl sites for hydroxylation is 4. The molecule has 2 aromatic rings. The highest BCUT2D eigenvalue weighted by atomic mass is 32.2. The molecule has 1 amide bonds. The van der Waals surface area contributed by atoms with E-state index in [9.17, 15) is 13.2 Å². The average molecular weight is 423 g/mol. The Balaban J connectivity index is 1.54. The van der Waals surface area contributed by atoms with Crippen LogP contribution in [0.25, 0.3) is 0 Å². The van der Waals surface area contributed by atoms with E-state index >= 15 is 0 Å². The van der Waals surface area contributed by atoms with Crippen LogP contribution in [0.3, 0.4) is 0 Å². The molecule has 1 fully saturated rings. The minimum absolute atomic E-state index is 0.0822. The van der Waals surface area contributed by atoms with Crippen molar-refractivity contribution < 1.29 is 13.2 Å². The number of sulfonamides is 1. The second-order valence-corrected chi connectivity index (χ2v) is 9.62. The fourth-order valence-corrected chi connectivity index (χ4v) is 5.44. The number of amides is 1. The van der Waals surface area contributed by atoms with E-state index in [1.807, 2.05) is 24.6 Å². The van der Waals surface area contributed by atoms with Crippen LogP contribution in [0.1, 0.15) is 36.3 Å². The molecular formula is C19H30N6O3S. The van der Waals surface area contributed by atoms with Gasteiger partial charge >= 0.3 is 0 Å². The van der Waals surface area contributed by atoms with E-state index in [2.05, 4.69) is 15.5 Å². The number of carbonyl (C=O) groups excluding carboxylic acids is 1. The summed E-state index contributed by atoms with van der Waals surface area (Å²) < 4.78 is 30.8. The molecule has 29 heavy (non-hydrogen) atoms. The lowest BCUT2D eigenvalue weighted by Gasteiger charge is -2.31. The van der Waals surface area contributed by atoms with Gasteiger partial charge in [0.05, 0.1) is 23.5 Å². The lowest BCUT2D eigenvalue weighted by Crippen LogP contribution is -2.45. The van der Waals surface area contributed by atoms with Gasteiger partial charge in [0.1, 0.15) is 4.90 Å². The maximum atomic E-state index is 13.0. The van der Waals surface area contributed by atoms with Crippen molar-refractivity contribution in [1.29, 1.82) is 0 Å². The van der Waals surface area contributed by atoms with Gasteiger partial charge in [-0.2, -0.15) is 14.5 Å². The zero-order chi connectivity index (χ0) is 21.2. The minimum atomic E-state index is -3.64. The first-order chi connectivity index (χ1) is 13.7. The molecule has 1 aliphatic rings. The Hall–Kier alpha value is -2.20. The molecule has 1 atom stereocenters. The summed E-state index contributed by atoms with van der Waals surface area (Å²) in [6.45, 7) is 7.63. The fourth-order valence-electron chi connectivity index (χ4n) is 3.73. The standard InChI is InChI=1S/C19H30N6O3S/c1-14-11-15(2)25(22-14)10-6-8-20-19(26)17-7-5-9-24(13-17)29(27,28)18-12-21-23(4)16(18)3/h11-12,17H,5-10,13H2,1-4H3,(H,20,26)/t17-/m1/s1. The molecule has 1 N–H and O–H groups in total. The molecule has 0 unspecified atom stereocenters. The number of nitrogens with one attached hydrogen (secondary N) is 1. The number of hydrogen-bond donors (Lipinski definition) is 1. The highest BCUT2D eigenvalue weighted by molar-refractivity contribution is 7.89. The third kappa shape index (κ3) is 4.69. The van der Waals surface area contributed by atoms with Gasteiger partial charge in [-0.3, -0.25) is 14.2 Å². The molecule has 0 aromatic carbocycles. The van der Waals surface area contributed by atoms with Gasteiger partial charge in [-0.05, 0) is 46.1 Å². The molecule has 0 spiro atoms. The molecule has 0 aliphatic carbocycles. The van der Waals surface area contributed by atoms with Gasteiger partial charge in [0, 0.05) is 38.9 Å². The van der Waals surface area contributed by atoms with Crippen molar-refractivity contribution >= 4 is 15.9 Å². The highest BCUT2D eigenvalue weighted by Crippen LogP contribution is 2.25. The van der Waals surface area contributed by atoms with E-state index in [0.717, 1.165) is 24.4 Å². The fraction of sp³-hybridized carbons (Fsp3) is 0.632. The molecule has 0 radical (unpaired) electrons. The Morgan fingerprint density at radius 2 is 2.07 bits per heavy atom. The molecule has 0 saturated carbocycles. The second kappa shape index (κ2) is 8.66. The smallest absolute Gasteiger partial charge is 0.246 e. The van der Waals surface area contributed by atoms with Crippen LogP contribution in [0.5, 0.6) is 0 Å². The van der Waals surface area contributed by atoms with Gasteiger partial charge in [-0.1, -0.05) is 0 Å². The number of carbonyl (C=O) groups is 1. The lowest BCUT2D eigenvalue weighted by molar-refractivity contribution is -0.126. The maximum Gasteiger partial charge on any atom is 0.246 e. The lowest BCUT2D eigenvalue weighted by atomic mass is 9.99. The molecule has 0 bridgehead atoms. The van der Waals surface area contributed by atoms with E-state index in [0.29, 0.717) is 31.6 Å². The van der Waals surface area contributed by atoms with Crippen LogP contribution in [0, 0.1) is 26.7 Å². The predicted molar refractivity (Wildman–Crippen MR) is 109 cm³/mol. The third-order valence-corrected chi connectivity index (χ3v) is 7.48. The molecule has 1 aliphatic heterocycles. The first-order valence-corrected chi connectivity index (χ1v) is 11.4.